The molecule has 2 aromatic rings. The standard InChI is InChI=1S/C22H15Cl4F5N2O2/c23-11-4-9(3-10(5-11)22(29,30)31)16-17(21(16,25)26)19(35)32-12-1-2-15(24)14(6-12)18(34)33-13-7-20(27,28)8-13/h1-6,13,16-17H,7-8H2,(H,32,35)(H,33,34). The Hall–Kier alpha value is -1.81. The van der Waals surface area contributed by atoms with Crippen LogP contribution in [-0.2, 0) is 11.0 Å². The highest BCUT2D eigenvalue weighted by atomic mass is 35.5. The van der Waals surface area contributed by atoms with Gasteiger partial charge in [-0.3, -0.25) is 9.59 Å². The fourth-order valence-corrected chi connectivity index (χ4v) is 5.32. The van der Waals surface area contributed by atoms with Crippen LogP contribution in [0.5, 0.6) is 0 Å². The van der Waals surface area contributed by atoms with Gasteiger partial charge in [-0.25, -0.2) is 8.78 Å². The van der Waals surface area contributed by atoms with Gasteiger partial charge < -0.3 is 10.6 Å². The van der Waals surface area contributed by atoms with E-state index in [1.165, 1.54) is 24.3 Å². The molecular formula is C22H15Cl4F5N2O2. The minimum atomic E-state index is -4.66. The summed E-state index contributed by atoms with van der Waals surface area (Å²) < 4.78 is 63.8. The van der Waals surface area contributed by atoms with Gasteiger partial charge in [-0.2, -0.15) is 13.2 Å². The van der Waals surface area contributed by atoms with Crippen molar-refractivity contribution in [1.82, 2.24) is 5.32 Å². The van der Waals surface area contributed by atoms with Gasteiger partial charge in [0.25, 0.3) is 11.8 Å². The molecule has 4 rings (SSSR count). The molecule has 13 heteroatoms. The van der Waals surface area contributed by atoms with Crippen LogP contribution >= 0.6 is 46.4 Å². The first kappa shape index (κ1) is 26.3. The predicted molar refractivity (Wildman–Crippen MR) is 123 cm³/mol. The quantitative estimate of drug-likeness (QED) is 0.296. The Labute approximate surface area is 216 Å². The number of carbonyl (C=O) groups excluding carboxylic acids is 2. The lowest BCUT2D eigenvalue weighted by Gasteiger charge is -2.35. The van der Waals surface area contributed by atoms with Crippen molar-refractivity contribution in [3.8, 4) is 0 Å². The number of carbonyl (C=O) groups is 2. The maximum absolute atomic E-state index is 13.2. The Morgan fingerprint density at radius 3 is 2.26 bits per heavy atom. The van der Waals surface area contributed by atoms with E-state index in [0.717, 1.165) is 12.1 Å². The molecule has 2 amide bonds. The molecule has 2 unspecified atom stereocenters. The van der Waals surface area contributed by atoms with Crippen LogP contribution in [0.3, 0.4) is 0 Å². The summed E-state index contributed by atoms with van der Waals surface area (Å²) >= 11 is 24.3. The number of benzene rings is 2. The third-order valence-electron chi connectivity index (χ3n) is 5.85. The van der Waals surface area contributed by atoms with Crippen LogP contribution in [0.25, 0.3) is 0 Å². The first-order valence-electron chi connectivity index (χ1n) is 10.1. The Morgan fingerprint density at radius 1 is 1.00 bits per heavy atom. The van der Waals surface area contributed by atoms with E-state index in [1.807, 2.05) is 0 Å². The zero-order valence-electron chi connectivity index (χ0n) is 17.3. The van der Waals surface area contributed by atoms with Crippen LogP contribution in [0.4, 0.5) is 27.6 Å². The molecular weight excluding hydrogens is 561 g/mol. The zero-order chi connectivity index (χ0) is 25.9. The van der Waals surface area contributed by atoms with Crippen molar-refractivity contribution in [3.05, 3.63) is 63.1 Å². The molecule has 4 nitrogen and oxygen atoms in total. The molecule has 0 spiro atoms. The van der Waals surface area contributed by atoms with E-state index in [2.05, 4.69) is 10.6 Å². The normalized spacial score (nSPS) is 22.8. The van der Waals surface area contributed by atoms with E-state index in [9.17, 15) is 31.5 Å². The van der Waals surface area contributed by atoms with Gasteiger partial charge in [0.1, 0.15) is 4.33 Å². The van der Waals surface area contributed by atoms with Crippen LogP contribution in [0.15, 0.2) is 36.4 Å². The van der Waals surface area contributed by atoms with Crippen molar-refractivity contribution in [2.24, 2.45) is 5.92 Å². The summed E-state index contributed by atoms with van der Waals surface area (Å²) in [6, 6.07) is 6.09. The van der Waals surface area contributed by atoms with Crippen molar-refractivity contribution in [3.63, 3.8) is 0 Å². The highest BCUT2D eigenvalue weighted by Crippen LogP contribution is 2.65. The van der Waals surface area contributed by atoms with Crippen molar-refractivity contribution >= 4 is 63.9 Å². The molecule has 0 saturated heterocycles. The summed E-state index contributed by atoms with van der Waals surface area (Å²) in [5, 5.41) is 4.79. The van der Waals surface area contributed by atoms with Crippen LogP contribution in [0.1, 0.15) is 40.2 Å². The number of anilines is 1. The van der Waals surface area contributed by atoms with E-state index >= 15 is 0 Å². The third kappa shape index (κ3) is 5.48. The van der Waals surface area contributed by atoms with Crippen LogP contribution < -0.4 is 10.6 Å². The SMILES string of the molecule is O=C(NC1CC(F)(F)C1)c1cc(NC(=O)C2C(c3cc(Cl)cc(C(F)(F)F)c3)C2(Cl)Cl)ccc1Cl. The van der Waals surface area contributed by atoms with Crippen LogP contribution in [-0.4, -0.2) is 28.1 Å². The van der Waals surface area contributed by atoms with E-state index in [-0.39, 0.29) is 26.9 Å². The lowest BCUT2D eigenvalue weighted by atomic mass is 9.88. The van der Waals surface area contributed by atoms with Crippen LogP contribution in [0, 0.1) is 5.92 Å². The summed E-state index contributed by atoms with van der Waals surface area (Å²) in [4.78, 5) is 25.3. The van der Waals surface area contributed by atoms with Crippen LogP contribution in [0.2, 0.25) is 10.0 Å². The maximum Gasteiger partial charge on any atom is 0.416 e. The topological polar surface area (TPSA) is 58.2 Å². The smallest absolute Gasteiger partial charge is 0.349 e. The second-order valence-corrected chi connectivity index (χ2v) is 10.8. The molecule has 2 aromatic carbocycles. The Bertz CT molecular complexity index is 1200. The lowest BCUT2D eigenvalue weighted by molar-refractivity contribution is -0.137. The van der Waals surface area contributed by atoms with Gasteiger partial charge in [-0.05, 0) is 42.0 Å². The maximum atomic E-state index is 13.2. The molecule has 0 heterocycles. The lowest BCUT2D eigenvalue weighted by Crippen LogP contribution is -2.50. The number of halogens is 9. The number of nitrogens with one attached hydrogen (secondary N) is 2. The van der Waals surface area contributed by atoms with E-state index in [1.54, 1.807) is 0 Å². The minimum absolute atomic E-state index is 0.0264. The average molecular weight is 576 g/mol. The second-order valence-electron chi connectivity index (χ2n) is 8.52. The highest BCUT2D eigenvalue weighted by molar-refractivity contribution is 6.53. The summed E-state index contributed by atoms with van der Waals surface area (Å²) in [5.41, 5.74) is -0.892. The molecule has 2 fully saturated rings. The summed E-state index contributed by atoms with van der Waals surface area (Å²) in [6.07, 6.45) is -5.63. The zero-order valence-corrected chi connectivity index (χ0v) is 20.4. The second kappa shape index (κ2) is 8.94. The van der Waals surface area contributed by atoms with E-state index < -0.39 is 64.5 Å². The molecule has 2 aliphatic rings. The van der Waals surface area contributed by atoms with Crippen molar-refractivity contribution in [2.75, 3.05) is 5.32 Å². The Balaban J connectivity index is 1.49. The molecule has 0 aliphatic heterocycles. The monoisotopic (exact) mass is 574 g/mol. The number of alkyl halides is 7. The van der Waals surface area contributed by atoms with Crippen molar-refractivity contribution < 1.29 is 31.5 Å². The molecule has 2 N–H and O–H groups in total. The first-order chi connectivity index (χ1) is 16.1. The van der Waals surface area contributed by atoms with Gasteiger partial charge in [0.15, 0.2) is 0 Å². The summed E-state index contributed by atoms with van der Waals surface area (Å²) in [7, 11) is 0. The Kier molecular flexibility index (Phi) is 6.71. The average Bonchev–Trinajstić information content (AvgIpc) is 3.29. The molecule has 188 valence electrons. The number of hydrogen-bond acceptors (Lipinski definition) is 2. The number of amides is 2. The fourth-order valence-electron chi connectivity index (χ4n) is 4.05. The summed E-state index contributed by atoms with van der Waals surface area (Å²) in [6.45, 7) is 0. The van der Waals surface area contributed by atoms with Crippen molar-refractivity contribution in [1.29, 1.82) is 0 Å². The van der Waals surface area contributed by atoms with Gasteiger partial charge in [-0.15, -0.1) is 23.2 Å². The van der Waals surface area contributed by atoms with Gasteiger partial charge in [0.05, 0.1) is 22.1 Å². The van der Waals surface area contributed by atoms with Gasteiger partial charge >= 0.3 is 6.18 Å². The molecule has 0 radical (unpaired) electrons. The van der Waals surface area contributed by atoms with Gasteiger partial charge in [0, 0.05) is 35.5 Å². The van der Waals surface area contributed by atoms with Crippen molar-refractivity contribution in [2.45, 2.75) is 41.2 Å². The number of rotatable bonds is 5. The molecule has 2 atom stereocenters. The van der Waals surface area contributed by atoms with Gasteiger partial charge in [-0.1, -0.05) is 23.2 Å². The molecule has 2 saturated carbocycles. The first-order valence-corrected chi connectivity index (χ1v) is 11.6. The fraction of sp³-hybridized carbons (Fsp3) is 0.364. The predicted octanol–water partition coefficient (Wildman–Crippen LogP) is 7.07. The van der Waals surface area contributed by atoms with E-state index in [4.69, 9.17) is 46.4 Å². The number of hydrogen-bond donors (Lipinski definition) is 2. The molecule has 35 heavy (non-hydrogen) atoms. The molecule has 0 bridgehead atoms. The van der Waals surface area contributed by atoms with Gasteiger partial charge in [0.2, 0.25) is 5.91 Å². The third-order valence-corrected chi connectivity index (χ3v) is 7.33. The Morgan fingerprint density at radius 2 is 1.66 bits per heavy atom. The largest absolute Gasteiger partial charge is 0.416 e. The highest BCUT2D eigenvalue weighted by Gasteiger charge is 2.67. The van der Waals surface area contributed by atoms with E-state index in [0.29, 0.717) is 0 Å². The molecule has 2 aliphatic carbocycles. The summed E-state index contributed by atoms with van der Waals surface area (Å²) in [5.74, 6) is -6.31. The minimum Gasteiger partial charge on any atom is -0.349 e. The molecule has 0 aromatic heterocycles.